The van der Waals surface area contributed by atoms with Crippen LogP contribution in [0.5, 0.6) is 0 Å². The first-order valence-electron chi connectivity index (χ1n) is 4.49. The summed E-state index contributed by atoms with van der Waals surface area (Å²) in [6, 6.07) is 0. The maximum absolute atomic E-state index is 10.9. The first-order chi connectivity index (χ1) is 7.50. The van der Waals surface area contributed by atoms with E-state index >= 15 is 0 Å². The molecular weight excluding hydrogens is 228 g/mol. The zero-order chi connectivity index (χ0) is 11.8. The molecule has 0 aromatic carbocycles. The number of hydrogen-bond donors (Lipinski definition) is 1. The first-order valence-corrected chi connectivity index (χ1v) is 5.99. The minimum Gasteiger partial charge on any atom is -0.361 e. The summed E-state index contributed by atoms with van der Waals surface area (Å²) in [6.07, 6.45) is 9.18. The summed E-state index contributed by atoms with van der Waals surface area (Å²) >= 11 is 0. The highest BCUT2D eigenvalue weighted by Crippen LogP contribution is 2.24. The van der Waals surface area contributed by atoms with Gasteiger partial charge < -0.3 is 5.53 Å². The minimum absolute atomic E-state index is 0.391. The molecule has 0 aliphatic heterocycles. The highest BCUT2D eigenvalue weighted by Gasteiger charge is 2.23. The fourth-order valence-corrected chi connectivity index (χ4v) is 2.13. The molecule has 0 aromatic heterocycles. The van der Waals surface area contributed by atoms with Crippen LogP contribution in [0, 0.1) is 0 Å². The van der Waals surface area contributed by atoms with Gasteiger partial charge in [-0.1, -0.05) is 18.2 Å². The molecule has 0 amide bonds. The summed E-state index contributed by atoms with van der Waals surface area (Å²) in [5.41, 5.74) is 10.4. The molecule has 2 rings (SSSR count). The van der Waals surface area contributed by atoms with Crippen LogP contribution in [0.25, 0.3) is 5.53 Å². The molecule has 0 bridgehead atoms. The van der Waals surface area contributed by atoms with Crippen LogP contribution in [0.3, 0.4) is 0 Å². The van der Waals surface area contributed by atoms with Gasteiger partial charge in [0.25, 0.3) is 10.1 Å². The normalized spacial score (nSPS) is 23.3. The van der Waals surface area contributed by atoms with Gasteiger partial charge in [0.1, 0.15) is 5.25 Å². The predicted octanol–water partition coefficient (Wildman–Crippen LogP) is 0.906. The molecule has 1 atom stereocenters. The zero-order valence-corrected chi connectivity index (χ0v) is 8.92. The fraction of sp³-hybridized carbons (Fsp3) is 0.100. The van der Waals surface area contributed by atoms with Crippen LogP contribution < -0.4 is 0 Å². The van der Waals surface area contributed by atoms with Crippen LogP contribution in [0.15, 0.2) is 47.6 Å². The summed E-state index contributed by atoms with van der Waals surface area (Å²) in [5.74, 6) is 0. The Morgan fingerprint density at radius 2 is 2.00 bits per heavy atom. The van der Waals surface area contributed by atoms with E-state index in [0.29, 0.717) is 11.3 Å². The molecule has 0 radical (unpaired) electrons. The Labute approximate surface area is 92.5 Å². The topological polar surface area (TPSA) is 90.8 Å². The van der Waals surface area contributed by atoms with Crippen molar-refractivity contribution in [1.82, 2.24) is 0 Å². The van der Waals surface area contributed by atoms with Gasteiger partial charge in [0.05, 0.1) is 0 Å². The quantitative estimate of drug-likeness (QED) is 0.416. The van der Waals surface area contributed by atoms with Gasteiger partial charge in [-0.25, -0.2) is 0 Å². The number of fused-ring (bicyclic) bond motifs is 1. The van der Waals surface area contributed by atoms with E-state index in [0.717, 1.165) is 5.57 Å². The second-order valence-corrected chi connectivity index (χ2v) is 4.99. The van der Waals surface area contributed by atoms with Crippen LogP contribution in [-0.4, -0.2) is 28.7 Å². The van der Waals surface area contributed by atoms with E-state index in [1.165, 1.54) is 12.2 Å². The van der Waals surface area contributed by atoms with Crippen LogP contribution >= 0.6 is 0 Å². The zero-order valence-electron chi connectivity index (χ0n) is 8.11. The molecule has 16 heavy (non-hydrogen) atoms. The van der Waals surface area contributed by atoms with Crippen molar-refractivity contribution in [1.29, 1.82) is 0 Å². The molecular formula is C10H8N2O3S. The third kappa shape index (κ3) is 1.94. The SMILES string of the molecule is [N-]=[N+]=C1C=CC2=CC(S(=O)(=O)O)C=CC2=C1. The van der Waals surface area contributed by atoms with Crippen molar-refractivity contribution in [2.24, 2.45) is 0 Å². The van der Waals surface area contributed by atoms with Crippen molar-refractivity contribution >= 4 is 15.8 Å². The van der Waals surface area contributed by atoms with E-state index in [2.05, 4.69) is 4.79 Å². The monoisotopic (exact) mass is 236 g/mol. The Morgan fingerprint density at radius 3 is 2.62 bits per heavy atom. The Kier molecular flexibility index (Phi) is 2.47. The lowest BCUT2D eigenvalue weighted by molar-refractivity contribution is -0.00160. The van der Waals surface area contributed by atoms with E-state index in [-0.39, 0.29) is 0 Å². The van der Waals surface area contributed by atoms with Crippen molar-refractivity contribution in [3.8, 4) is 0 Å². The Morgan fingerprint density at radius 1 is 1.25 bits per heavy atom. The molecule has 1 unspecified atom stereocenters. The number of allylic oxidation sites excluding steroid dienone is 6. The van der Waals surface area contributed by atoms with Gasteiger partial charge in [-0.2, -0.15) is 13.2 Å². The maximum atomic E-state index is 10.9. The fourth-order valence-electron chi connectivity index (χ4n) is 1.54. The Bertz CT molecular complexity index is 602. The molecule has 2 aliphatic rings. The summed E-state index contributed by atoms with van der Waals surface area (Å²) in [6.45, 7) is 0. The van der Waals surface area contributed by atoms with Crippen LogP contribution in [0.2, 0.25) is 0 Å². The van der Waals surface area contributed by atoms with Crippen molar-refractivity contribution < 1.29 is 17.8 Å². The first kappa shape index (κ1) is 10.8. The molecule has 0 aromatic rings. The maximum Gasteiger partial charge on any atom is 0.316 e. The summed E-state index contributed by atoms with van der Waals surface area (Å²) in [5, 5.41) is -1.02. The molecule has 1 N–H and O–H groups in total. The summed E-state index contributed by atoms with van der Waals surface area (Å²) < 4.78 is 30.8. The average molecular weight is 236 g/mol. The van der Waals surface area contributed by atoms with Gasteiger partial charge >= 0.3 is 5.71 Å². The van der Waals surface area contributed by atoms with Crippen molar-refractivity contribution in [2.75, 3.05) is 0 Å². The number of rotatable bonds is 1. The molecule has 0 heterocycles. The third-order valence-electron chi connectivity index (χ3n) is 2.34. The molecule has 2 aliphatic carbocycles. The smallest absolute Gasteiger partial charge is 0.316 e. The highest BCUT2D eigenvalue weighted by atomic mass is 32.2. The molecule has 5 nitrogen and oxygen atoms in total. The molecule has 0 spiro atoms. The summed E-state index contributed by atoms with van der Waals surface area (Å²) in [4.78, 5) is 3.03. The number of hydrogen-bond acceptors (Lipinski definition) is 2. The van der Waals surface area contributed by atoms with E-state index in [1.54, 1.807) is 24.3 Å². The van der Waals surface area contributed by atoms with Crippen molar-refractivity contribution in [3.05, 3.63) is 53.1 Å². The van der Waals surface area contributed by atoms with Gasteiger partial charge in [0.15, 0.2) is 0 Å². The Hall–Kier alpha value is -1.75. The molecule has 82 valence electrons. The summed E-state index contributed by atoms with van der Waals surface area (Å²) in [7, 11) is -4.10. The highest BCUT2D eigenvalue weighted by molar-refractivity contribution is 7.86. The van der Waals surface area contributed by atoms with E-state index < -0.39 is 15.4 Å². The van der Waals surface area contributed by atoms with Crippen LogP contribution in [0.4, 0.5) is 0 Å². The Balaban J connectivity index is 2.44. The molecule has 0 saturated carbocycles. The van der Waals surface area contributed by atoms with E-state index in [1.807, 2.05) is 0 Å². The molecule has 0 fully saturated rings. The lowest BCUT2D eigenvalue weighted by Crippen LogP contribution is -2.19. The van der Waals surface area contributed by atoms with Gasteiger partial charge in [0, 0.05) is 12.2 Å². The van der Waals surface area contributed by atoms with Gasteiger partial charge in [-0.15, -0.1) is 0 Å². The van der Waals surface area contributed by atoms with Gasteiger partial charge in [-0.3, -0.25) is 4.55 Å². The van der Waals surface area contributed by atoms with Crippen molar-refractivity contribution in [2.45, 2.75) is 5.25 Å². The van der Waals surface area contributed by atoms with E-state index in [9.17, 15) is 8.42 Å². The second kappa shape index (κ2) is 3.68. The van der Waals surface area contributed by atoms with E-state index in [4.69, 9.17) is 10.1 Å². The van der Waals surface area contributed by atoms with Crippen LogP contribution in [-0.2, 0) is 10.1 Å². The largest absolute Gasteiger partial charge is 0.361 e. The standard InChI is InChI=1S/C10H8N2O3S/c11-12-9-3-1-8-6-10(16(13,14)15)4-2-7(8)5-9/h1-6,10H,(H,13,14,15). The lowest BCUT2D eigenvalue weighted by atomic mass is 9.94. The second-order valence-electron chi connectivity index (χ2n) is 3.42. The van der Waals surface area contributed by atoms with Gasteiger partial charge in [0.2, 0.25) is 0 Å². The number of nitrogens with zero attached hydrogens (tertiary/aromatic N) is 2. The predicted molar refractivity (Wildman–Crippen MR) is 58.4 cm³/mol. The third-order valence-corrected chi connectivity index (χ3v) is 3.32. The van der Waals surface area contributed by atoms with Crippen LogP contribution in [0.1, 0.15) is 0 Å². The van der Waals surface area contributed by atoms with Gasteiger partial charge in [-0.05, 0) is 17.2 Å². The molecule has 0 saturated heterocycles. The minimum atomic E-state index is -4.10. The lowest BCUT2D eigenvalue weighted by Gasteiger charge is -2.15. The van der Waals surface area contributed by atoms with Crippen molar-refractivity contribution in [3.63, 3.8) is 0 Å². The molecule has 6 heteroatoms. The average Bonchev–Trinajstić information content (AvgIpc) is 2.26.